The Labute approximate surface area is 132 Å². The molecule has 118 valence electrons. The summed E-state index contributed by atoms with van der Waals surface area (Å²) in [6.07, 6.45) is 4.43. The number of aromatic nitrogens is 6. The molecule has 23 heavy (non-hydrogen) atoms. The molecule has 0 saturated carbocycles. The third-order valence-electron chi connectivity index (χ3n) is 3.12. The van der Waals surface area contributed by atoms with Gasteiger partial charge in [0.15, 0.2) is 5.82 Å². The number of aryl methyl sites for hydroxylation is 2. The van der Waals surface area contributed by atoms with E-state index >= 15 is 0 Å². The van der Waals surface area contributed by atoms with E-state index in [4.69, 9.17) is 9.15 Å². The lowest BCUT2D eigenvalue weighted by atomic mass is 10.1. The van der Waals surface area contributed by atoms with Gasteiger partial charge in [-0.1, -0.05) is 12.2 Å². The van der Waals surface area contributed by atoms with Crippen LogP contribution in [0.25, 0.3) is 11.8 Å². The molecule has 1 aromatic carbocycles. The van der Waals surface area contributed by atoms with E-state index in [2.05, 4.69) is 25.6 Å². The minimum atomic E-state index is 0.551. The van der Waals surface area contributed by atoms with Crippen molar-refractivity contribution in [3.63, 3.8) is 0 Å². The second-order valence-electron chi connectivity index (χ2n) is 4.87. The standard InChI is InChI=1S/C15H16N6O2/c1-10-16-20-21(19-10)13-7-8-14(22-3)12(9-13)5-4-6-15-18-17-11(2)23-15/h4-5,7-9H,6H2,1-3H3/b5-4+. The van der Waals surface area contributed by atoms with Gasteiger partial charge in [0.2, 0.25) is 11.8 Å². The lowest BCUT2D eigenvalue weighted by molar-refractivity contribution is 0.413. The van der Waals surface area contributed by atoms with Gasteiger partial charge in [0.25, 0.3) is 0 Å². The molecule has 3 rings (SSSR count). The van der Waals surface area contributed by atoms with Crippen molar-refractivity contribution in [1.29, 1.82) is 0 Å². The number of nitrogens with zero attached hydrogens (tertiary/aromatic N) is 6. The average molecular weight is 312 g/mol. The minimum absolute atomic E-state index is 0.551. The molecule has 0 unspecified atom stereocenters. The molecule has 3 aromatic rings. The van der Waals surface area contributed by atoms with Crippen LogP contribution in [0.4, 0.5) is 0 Å². The van der Waals surface area contributed by atoms with Crippen LogP contribution in [0.5, 0.6) is 5.75 Å². The number of ether oxygens (including phenoxy) is 1. The van der Waals surface area contributed by atoms with E-state index in [-0.39, 0.29) is 0 Å². The maximum absolute atomic E-state index is 5.38. The molecule has 0 N–H and O–H groups in total. The van der Waals surface area contributed by atoms with Crippen molar-refractivity contribution >= 4 is 6.08 Å². The van der Waals surface area contributed by atoms with Crippen molar-refractivity contribution in [2.24, 2.45) is 0 Å². The van der Waals surface area contributed by atoms with Gasteiger partial charge in [0.1, 0.15) is 5.75 Å². The number of tetrazole rings is 1. The van der Waals surface area contributed by atoms with Crippen molar-refractivity contribution < 1.29 is 9.15 Å². The first-order chi connectivity index (χ1) is 11.2. The monoisotopic (exact) mass is 312 g/mol. The molecule has 0 aliphatic rings. The first kappa shape index (κ1) is 14.9. The fraction of sp³-hybridized carbons (Fsp3) is 0.267. The molecule has 0 fully saturated rings. The van der Waals surface area contributed by atoms with Crippen LogP contribution in [-0.2, 0) is 6.42 Å². The summed E-state index contributed by atoms with van der Waals surface area (Å²) in [5.41, 5.74) is 1.70. The number of rotatable bonds is 5. The van der Waals surface area contributed by atoms with Gasteiger partial charge in [-0.2, -0.15) is 0 Å². The molecule has 0 aliphatic heterocycles. The molecular weight excluding hydrogens is 296 g/mol. The Morgan fingerprint density at radius 3 is 2.74 bits per heavy atom. The Kier molecular flexibility index (Phi) is 4.13. The topological polar surface area (TPSA) is 91.8 Å². The van der Waals surface area contributed by atoms with E-state index in [1.165, 1.54) is 4.80 Å². The summed E-state index contributed by atoms with van der Waals surface area (Å²) in [4.78, 5) is 1.48. The van der Waals surface area contributed by atoms with E-state index < -0.39 is 0 Å². The zero-order valence-electron chi connectivity index (χ0n) is 13.1. The SMILES string of the molecule is COc1ccc(-n2nnc(C)n2)cc1/C=C/Cc1nnc(C)o1. The number of hydrogen-bond acceptors (Lipinski definition) is 7. The van der Waals surface area contributed by atoms with Crippen molar-refractivity contribution in [3.8, 4) is 11.4 Å². The number of hydrogen-bond donors (Lipinski definition) is 0. The summed E-state index contributed by atoms with van der Waals surface area (Å²) in [5, 5.41) is 19.8. The van der Waals surface area contributed by atoms with Gasteiger partial charge in [-0.3, -0.25) is 0 Å². The van der Waals surface area contributed by atoms with Gasteiger partial charge in [-0.25, -0.2) is 0 Å². The molecule has 0 radical (unpaired) electrons. The molecule has 0 bridgehead atoms. The third-order valence-corrected chi connectivity index (χ3v) is 3.12. The number of methoxy groups -OCH3 is 1. The van der Waals surface area contributed by atoms with Crippen LogP contribution >= 0.6 is 0 Å². The summed E-state index contributed by atoms with van der Waals surface area (Å²) in [6, 6.07) is 5.67. The Morgan fingerprint density at radius 2 is 2.09 bits per heavy atom. The highest BCUT2D eigenvalue weighted by atomic mass is 16.5. The van der Waals surface area contributed by atoms with Crippen molar-refractivity contribution in [2.75, 3.05) is 7.11 Å². The molecule has 8 heteroatoms. The lowest BCUT2D eigenvalue weighted by Gasteiger charge is -2.06. The second-order valence-corrected chi connectivity index (χ2v) is 4.87. The fourth-order valence-electron chi connectivity index (χ4n) is 2.08. The van der Waals surface area contributed by atoms with Crippen LogP contribution < -0.4 is 4.74 Å². The maximum atomic E-state index is 5.38. The third kappa shape index (κ3) is 3.42. The first-order valence-corrected chi connectivity index (χ1v) is 7.06. The van der Waals surface area contributed by atoms with Crippen LogP contribution in [0.1, 0.15) is 23.2 Å². The van der Waals surface area contributed by atoms with Crippen LogP contribution in [0.2, 0.25) is 0 Å². The van der Waals surface area contributed by atoms with Crippen molar-refractivity contribution in [2.45, 2.75) is 20.3 Å². The lowest BCUT2D eigenvalue weighted by Crippen LogP contribution is -2.00. The highest BCUT2D eigenvalue weighted by molar-refractivity contribution is 5.60. The molecule has 8 nitrogen and oxygen atoms in total. The summed E-state index contributed by atoms with van der Waals surface area (Å²) in [6.45, 7) is 3.56. The van der Waals surface area contributed by atoms with Gasteiger partial charge in [-0.15, -0.1) is 25.2 Å². The smallest absolute Gasteiger partial charge is 0.220 e. The molecule has 0 saturated heterocycles. The molecule has 0 spiro atoms. The minimum Gasteiger partial charge on any atom is -0.496 e. The molecule has 0 aliphatic carbocycles. The van der Waals surface area contributed by atoms with Crippen LogP contribution in [0, 0.1) is 13.8 Å². The fourth-order valence-corrected chi connectivity index (χ4v) is 2.08. The zero-order valence-corrected chi connectivity index (χ0v) is 13.1. The van der Waals surface area contributed by atoms with Gasteiger partial charge in [0, 0.05) is 18.9 Å². The molecule has 0 amide bonds. The highest BCUT2D eigenvalue weighted by Gasteiger charge is 2.06. The van der Waals surface area contributed by atoms with E-state index in [9.17, 15) is 0 Å². The van der Waals surface area contributed by atoms with Gasteiger partial charge in [0.05, 0.1) is 12.8 Å². The van der Waals surface area contributed by atoms with Gasteiger partial charge in [-0.05, 0) is 30.3 Å². The maximum Gasteiger partial charge on any atom is 0.220 e. The first-order valence-electron chi connectivity index (χ1n) is 7.06. The highest BCUT2D eigenvalue weighted by Crippen LogP contribution is 2.23. The van der Waals surface area contributed by atoms with E-state index in [1.54, 1.807) is 21.0 Å². The van der Waals surface area contributed by atoms with Gasteiger partial charge >= 0.3 is 0 Å². The van der Waals surface area contributed by atoms with Gasteiger partial charge < -0.3 is 9.15 Å². The second kappa shape index (κ2) is 6.39. The zero-order chi connectivity index (χ0) is 16.2. The Bertz CT molecular complexity index is 836. The summed E-state index contributed by atoms with van der Waals surface area (Å²) in [7, 11) is 1.63. The normalized spacial score (nSPS) is 11.3. The summed E-state index contributed by atoms with van der Waals surface area (Å²) < 4.78 is 10.7. The Morgan fingerprint density at radius 1 is 1.22 bits per heavy atom. The van der Waals surface area contributed by atoms with Crippen molar-refractivity contribution in [3.05, 3.63) is 47.4 Å². The van der Waals surface area contributed by atoms with Crippen molar-refractivity contribution in [1.82, 2.24) is 30.4 Å². The van der Waals surface area contributed by atoms with E-state index in [0.717, 1.165) is 17.0 Å². The predicted octanol–water partition coefficient (Wildman–Crippen LogP) is 1.93. The molecule has 2 heterocycles. The number of allylic oxidation sites excluding steroid dienone is 1. The van der Waals surface area contributed by atoms with Crippen LogP contribution in [0.3, 0.4) is 0 Å². The number of benzene rings is 1. The quantitative estimate of drug-likeness (QED) is 0.710. The van der Waals surface area contributed by atoms with Crippen LogP contribution in [-0.4, -0.2) is 37.5 Å². The summed E-state index contributed by atoms with van der Waals surface area (Å²) >= 11 is 0. The molecule has 0 atom stereocenters. The summed E-state index contributed by atoms with van der Waals surface area (Å²) in [5.74, 6) is 2.50. The largest absolute Gasteiger partial charge is 0.496 e. The van der Waals surface area contributed by atoms with E-state index in [1.807, 2.05) is 30.4 Å². The molecular formula is C15H16N6O2. The van der Waals surface area contributed by atoms with E-state index in [0.29, 0.717) is 24.0 Å². The molecule has 2 aromatic heterocycles. The Hall–Kier alpha value is -3.03. The van der Waals surface area contributed by atoms with Crippen LogP contribution in [0.15, 0.2) is 28.7 Å². The Balaban J connectivity index is 1.84. The predicted molar refractivity (Wildman–Crippen MR) is 82.2 cm³/mol. The average Bonchev–Trinajstić information content (AvgIpc) is 3.16.